The first kappa shape index (κ1) is 17.4. The Morgan fingerprint density at radius 3 is 1.54 bits per heavy atom. The van der Waals surface area contributed by atoms with Gasteiger partial charge in [0.1, 0.15) is 11.5 Å². The largest absolute Gasteiger partial charge is 0.497 e. The summed E-state index contributed by atoms with van der Waals surface area (Å²) < 4.78 is 13.3. The Hall–Kier alpha value is -2.04. The van der Waals surface area contributed by atoms with E-state index < -0.39 is 0 Å². The van der Waals surface area contributed by atoms with Gasteiger partial charge in [0.05, 0.1) is 14.2 Å². The van der Waals surface area contributed by atoms with E-state index in [0.717, 1.165) is 24.3 Å². The van der Waals surface area contributed by atoms with Gasteiger partial charge in [-0.15, -0.1) is 22.7 Å². The molecule has 0 amide bonds. The van der Waals surface area contributed by atoms with E-state index in [9.17, 15) is 0 Å². The van der Waals surface area contributed by atoms with Gasteiger partial charge in [-0.05, 0) is 85.0 Å². The molecule has 0 aliphatic carbocycles. The summed E-state index contributed by atoms with van der Waals surface area (Å²) in [7, 11) is 3.44. The Kier molecular flexibility index (Phi) is 5.14. The molecular weight excluding hydrogens is 360 g/mol. The van der Waals surface area contributed by atoms with Gasteiger partial charge in [0.25, 0.3) is 0 Å². The van der Waals surface area contributed by atoms with Crippen molar-refractivity contribution < 1.29 is 9.47 Å². The van der Waals surface area contributed by atoms with Crippen LogP contribution in [0.25, 0.3) is 20.2 Å². The van der Waals surface area contributed by atoms with Gasteiger partial charge in [-0.2, -0.15) is 0 Å². The SMILES string of the molecule is COc1ccc2cc(CCCCc3cc4ccc(OC)cc4s3)sc2c1. The number of methoxy groups -OCH3 is 2. The van der Waals surface area contributed by atoms with Crippen molar-refractivity contribution in [2.45, 2.75) is 25.7 Å². The highest BCUT2D eigenvalue weighted by atomic mass is 32.1. The Labute approximate surface area is 162 Å². The van der Waals surface area contributed by atoms with Gasteiger partial charge in [0.2, 0.25) is 0 Å². The quantitative estimate of drug-likeness (QED) is 0.331. The highest BCUT2D eigenvalue weighted by molar-refractivity contribution is 7.19. The highest BCUT2D eigenvalue weighted by Gasteiger charge is 2.06. The lowest BCUT2D eigenvalue weighted by Crippen LogP contribution is -1.84. The van der Waals surface area contributed by atoms with Gasteiger partial charge in [0, 0.05) is 19.2 Å². The summed E-state index contributed by atoms with van der Waals surface area (Å²) in [6.07, 6.45) is 4.75. The molecule has 26 heavy (non-hydrogen) atoms. The zero-order valence-corrected chi connectivity index (χ0v) is 16.7. The lowest BCUT2D eigenvalue weighted by Gasteiger charge is -1.98. The maximum atomic E-state index is 5.32. The van der Waals surface area contributed by atoms with E-state index in [1.54, 1.807) is 14.2 Å². The van der Waals surface area contributed by atoms with Gasteiger partial charge < -0.3 is 9.47 Å². The van der Waals surface area contributed by atoms with Crippen molar-refractivity contribution >= 4 is 42.8 Å². The Morgan fingerprint density at radius 1 is 0.654 bits per heavy atom. The molecule has 0 atom stereocenters. The number of unbranched alkanes of at least 4 members (excludes halogenated alkanes) is 1. The van der Waals surface area contributed by atoms with E-state index in [-0.39, 0.29) is 0 Å². The summed E-state index contributed by atoms with van der Waals surface area (Å²) >= 11 is 3.78. The first-order valence-corrected chi connectivity index (χ1v) is 10.5. The highest BCUT2D eigenvalue weighted by Crippen LogP contribution is 2.32. The van der Waals surface area contributed by atoms with Crippen LogP contribution in [0.2, 0.25) is 0 Å². The number of rotatable bonds is 7. The van der Waals surface area contributed by atoms with Crippen molar-refractivity contribution in [1.82, 2.24) is 0 Å². The van der Waals surface area contributed by atoms with Crippen LogP contribution in [-0.2, 0) is 12.8 Å². The Balaban J connectivity index is 1.35. The maximum absolute atomic E-state index is 5.32. The van der Waals surface area contributed by atoms with Crippen LogP contribution in [0.1, 0.15) is 22.6 Å². The standard InChI is InChI=1S/C22H22O2S2/c1-23-17-9-7-15-11-19(25-21(15)13-17)5-3-4-6-20-12-16-8-10-18(24-2)14-22(16)26-20/h7-14H,3-6H2,1-2H3. The normalized spacial score (nSPS) is 11.3. The van der Waals surface area contributed by atoms with Crippen molar-refractivity contribution in [1.29, 1.82) is 0 Å². The summed E-state index contributed by atoms with van der Waals surface area (Å²) in [6.45, 7) is 0. The molecule has 2 aromatic carbocycles. The minimum Gasteiger partial charge on any atom is -0.497 e. The zero-order chi connectivity index (χ0) is 17.9. The molecule has 4 aromatic rings. The third kappa shape index (κ3) is 3.71. The number of hydrogen-bond donors (Lipinski definition) is 0. The number of fused-ring (bicyclic) bond motifs is 2. The molecule has 0 saturated carbocycles. The fraction of sp³-hybridized carbons (Fsp3) is 0.273. The Morgan fingerprint density at radius 2 is 1.12 bits per heavy atom. The van der Waals surface area contributed by atoms with E-state index in [1.165, 1.54) is 42.8 Å². The fourth-order valence-electron chi connectivity index (χ4n) is 3.23. The second kappa shape index (κ2) is 7.68. The number of ether oxygens (including phenoxy) is 2. The average molecular weight is 383 g/mol. The molecule has 2 nitrogen and oxygen atoms in total. The van der Waals surface area contributed by atoms with E-state index in [2.05, 4.69) is 36.4 Å². The fourth-order valence-corrected chi connectivity index (χ4v) is 5.50. The number of aryl methyl sites for hydroxylation is 2. The molecule has 0 fully saturated rings. The predicted octanol–water partition coefficient (Wildman–Crippen LogP) is 6.70. The second-order valence-electron chi connectivity index (χ2n) is 6.44. The van der Waals surface area contributed by atoms with Crippen molar-refractivity contribution in [3.8, 4) is 11.5 Å². The average Bonchev–Trinajstić information content (AvgIpc) is 3.26. The number of thiophene rings is 2. The van der Waals surface area contributed by atoms with Gasteiger partial charge in [-0.3, -0.25) is 0 Å². The topological polar surface area (TPSA) is 18.5 Å². The second-order valence-corrected chi connectivity index (χ2v) is 8.78. The lowest BCUT2D eigenvalue weighted by atomic mass is 10.1. The van der Waals surface area contributed by atoms with E-state index in [0.29, 0.717) is 0 Å². The van der Waals surface area contributed by atoms with Gasteiger partial charge in [-0.25, -0.2) is 0 Å². The first-order chi connectivity index (χ1) is 12.7. The van der Waals surface area contributed by atoms with Crippen LogP contribution < -0.4 is 9.47 Å². The number of hydrogen-bond acceptors (Lipinski definition) is 4. The molecule has 0 saturated heterocycles. The maximum Gasteiger partial charge on any atom is 0.120 e. The minimum absolute atomic E-state index is 0.937. The molecule has 0 aliphatic heterocycles. The van der Waals surface area contributed by atoms with Crippen LogP contribution in [0.15, 0.2) is 48.5 Å². The molecule has 2 aromatic heterocycles. The van der Waals surface area contributed by atoms with Crippen LogP contribution in [0.3, 0.4) is 0 Å². The van der Waals surface area contributed by atoms with Crippen LogP contribution in [0.5, 0.6) is 11.5 Å². The van der Waals surface area contributed by atoms with Crippen molar-refractivity contribution in [2.24, 2.45) is 0 Å². The van der Waals surface area contributed by atoms with E-state index in [4.69, 9.17) is 9.47 Å². The molecule has 0 N–H and O–H groups in total. The monoisotopic (exact) mass is 382 g/mol. The summed E-state index contributed by atoms with van der Waals surface area (Å²) in [5.41, 5.74) is 0. The summed E-state index contributed by atoms with van der Waals surface area (Å²) in [6, 6.07) is 17.3. The molecule has 0 aliphatic rings. The molecule has 2 heterocycles. The van der Waals surface area contributed by atoms with Crippen molar-refractivity contribution in [3.63, 3.8) is 0 Å². The minimum atomic E-state index is 0.937. The summed E-state index contributed by atoms with van der Waals surface area (Å²) in [4.78, 5) is 2.93. The van der Waals surface area contributed by atoms with Gasteiger partial charge in [0.15, 0.2) is 0 Å². The third-order valence-electron chi connectivity index (χ3n) is 4.65. The molecule has 0 spiro atoms. The molecule has 0 bridgehead atoms. The van der Waals surface area contributed by atoms with Crippen molar-refractivity contribution in [2.75, 3.05) is 14.2 Å². The zero-order valence-electron chi connectivity index (χ0n) is 15.1. The van der Waals surface area contributed by atoms with E-state index >= 15 is 0 Å². The third-order valence-corrected chi connectivity index (χ3v) is 6.97. The van der Waals surface area contributed by atoms with Crippen LogP contribution in [0, 0.1) is 0 Å². The Bertz CT molecular complexity index is 945. The molecule has 134 valence electrons. The van der Waals surface area contributed by atoms with E-state index in [1.807, 2.05) is 34.8 Å². The lowest BCUT2D eigenvalue weighted by molar-refractivity contribution is 0.415. The van der Waals surface area contributed by atoms with Crippen molar-refractivity contribution in [3.05, 3.63) is 58.3 Å². The predicted molar refractivity (Wildman–Crippen MR) is 113 cm³/mol. The molecule has 4 rings (SSSR count). The van der Waals surface area contributed by atoms with Gasteiger partial charge >= 0.3 is 0 Å². The summed E-state index contributed by atoms with van der Waals surface area (Å²) in [5, 5.41) is 2.65. The summed E-state index contributed by atoms with van der Waals surface area (Å²) in [5.74, 6) is 1.87. The molecular formula is C22H22O2S2. The first-order valence-electron chi connectivity index (χ1n) is 8.88. The van der Waals surface area contributed by atoms with Crippen LogP contribution >= 0.6 is 22.7 Å². The molecule has 4 heteroatoms. The molecule has 0 radical (unpaired) electrons. The molecule has 0 unspecified atom stereocenters. The van der Waals surface area contributed by atoms with Crippen LogP contribution in [-0.4, -0.2) is 14.2 Å². The number of benzene rings is 2. The van der Waals surface area contributed by atoms with Crippen LogP contribution in [0.4, 0.5) is 0 Å². The van der Waals surface area contributed by atoms with Gasteiger partial charge in [-0.1, -0.05) is 0 Å². The smallest absolute Gasteiger partial charge is 0.120 e.